The van der Waals surface area contributed by atoms with Crippen molar-refractivity contribution in [3.8, 4) is 0 Å². The quantitative estimate of drug-likeness (QED) is 0.843. The van der Waals surface area contributed by atoms with Crippen molar-refractivity contribution < 1.29 is 18.7 Å². The first-order chi connectivity index (χ1) is 8.60. The van der Waals surface area contributed by atoms with Crippen LogP contribution in [0.4, 0.5) is 8.78 Å². The Morgan fingerprint density at radius 1 is 1.33 bits per heavy atom. The van der Waals surface area contributed by atoms with Gasteiger partial charge >= 0.3 is 0 Å². The molecule has 0 atom stereocenters. The Morgan fingerprint density at radius 2 is 1.94 bits per heavy atom. The van der Waals surface area contributed by atoms with Crippen molar-refractivity contribution in [2.24, 2.45) is 0 Å². The first-order valence-corrected chi connectivity index (χ1v) is 5.91. The third kappa shape index (κ3) is 3.77. The molecule has 1 amide bonds. The lowest BCUT2D eigenvalue weighted by atomic mass is 10.1. The van der Waals surface area contributed by atoms with Gasteiger partial charge in [-0.1, -0.05) is 6.07 Å². The third-order valence-corrected chi connectivity index (χ3v) is 2.71. The molecule has 0 aliphatic rings. The molecule has 1 aromatic rings. The lowest BCUT2D eigenvalue weighted by Crippen LogP contribution is -2.33. The number of hydrogen-bond donors (Lipinski definition) is 1. The smallest absolute Gasteiger partial charge is 0.227 e. The fourth-order valence-corrected chi connectivity index (χ4v) is 1.68. The van der Waals surface area contributed by atoms with E-state index >= 15 is 0 Å². The number of carbonyl (C=O) groups excluding carboxylic acids is 1. The van der Waals surface area contributed by atoms with Gasteiger partial charge in [-0.05, 0) is 25.5 Å². The maximum atomic E-state index is 13.4. The van der Waals surface area contributed by atoms with E-state index in [9.17, 15) is 13.6 Å². The normalized spacial score (nSPS) is 10.4. The van der Waals surface area contributed by atoms with Crippen molar-refractivity contribution in [2.45, 2.75) is 19.8 Å². The van der Waals surface area contributed by atoms with Gasteiger partial charge in [0.05, 0.1) is 6.42 Å². The number of halogens is 2. The summed E-state index contributed by atoms with van der Waals surface area (Å²) in [5.41, 5.74) is -0.204. The SMILES string of the molecule is CCN(CCCO)C(=O)Cc1c(F)cccc1F. The third-order valence-electron chi connectivity index (χ3n) is 2.71. The van der Waals surface area contributed by atoms with Crippen molar-refractivity contribution in [2.75, 3.05) is 19.7 Å². The van der Waals surface area contributed by atoms with E-state index in [1.807, 2.05) is 0 Å². The Hall–Kier alpha value is -1.49. The topological polar surface area (TPSA) is 40.5 Å². The number of amides is 1. The van der Waals surface area contributed by atoms with Crippen LogP contribution < -0.4 is 0 Å². The Kier molecular flexibility index (Phi) is 5.71. The fourth-order valence-electron chi connectivity index (χ4n) is 1.68. The lowest BCUT2D eigenvalue weighted by molar-refractivity contribution is -0.130. The van der Waals surface area contributed by atoms with Crippen molar-refractivity contribution in [1.82, 2.24) is 4.90 Å². The number of nitrogens with zero attached hydrogens (tertiary/aromatic N) is 1. The summed E-state index contributed by atoms with van der Waals surface area (Å²) in [5.74, 6) is -1.75. The number of aliphatic hydroxyl groups excluding tert-OH is 1. The van der Waals surface area contributed by atoms with Crippen LogP contribution in [0.15, 0.2) is 18.2 Å². The summed E-state index contributed by atoms with van der Waals surface area (Å²) in [4.78, 5) is 13.3. The maximum Gasteiger partial charge on any atom is 0.227 e. The van der Waals surface area contributed by atoms with Crippen molar-refractivity contribution >= 4 is 5.91 Å². The second-order valence-electron chi connectivity index (χ2n) is 3.93. The Labute approximate surface area is 105 Å². The highest BCUT2D eigenvalue weighted by atomic mass is 19.1. The van der Waals surface area contributed by atoms with Gasteiger partial charge in [-0.2, -0.15) is 0 Å². The average Bonchev–Trinajstić information content (AvgIpc) is 2.35. The molecule has 18 heavy (non-hydrogen) atoms. The van der Waals surface area contributed by atoms with Gasteiger partial charge in [0.25, 0.3) is 0 Å². The Morgan fingerprint density at radius 3 is 2.44 bits per heavy atom. The minimum absolute atomic E-state index is 0.0160. The highest BCUT2D eigenvalue weighted by molar-refractivity contribution is 5.78. The van der Waals surface area contributed by atoms with Gasteiger partial charge in [0.15, 0.2) is 0 Å². The Balaban J connectivity index is 2.73. The number of hydrogen-bond acceptors (Lipinski definition) is 2. The summed E-state index contributed by atoms with van der Waals surface area (Å²) in [7, 11) is 0. The van der Waals surface area contributed by atoms with Crippen molar-refractivity contribution in [1.29, 1.82) is 0 Å². The second-order valence-corrected chi connectivity index (χ2v) is 3.93. The molecule has 0 fully saturated rings. The van der Waals surface area contributed by atoms with Crippen LogP contribution >= 0.6 is 0 Å². The molecule has 0 aromatic heterocycles. The van der Waals surface area contributed by atoms with Crippen LogP contribution in [0.5, 0.6) is 0 Å². The molecule has 0 aliphatic heterocycles. The molecular weight excluding hydrogens is 240 g/mol. The summed E-state index contributed by atoms with van der Waals surface area (Å²) in [6, 6.07) is 3.54. The lowest BCUT2D eigenvalue weighted by Gasteiger charge is -2.20. The maximum absolute atomic E-state index is 13.4. The molecule has 5 heteroatoms. The molecule has 0 radical (unpaired) electrons. The summed E-state index contributed by atoms with van der Waals surface area (Å²) in [5, 5.41) is 8.71. The van der Waals surface area contributed by atoms with Gasteiger partial charge in [-0.3, -0.25) is 4.79 Å². The van der Waals surface area contributed by atoms with E-state index in [1.54, 1.807) is 6.92 Å². The monoisotopic (exact) mass is 257 g/mol. The van der Waals surface area contributed by atoms with Crippen LogP contribution in [0.2, 0.25) is 0 Å². The zero-order valence-electron chi connectivity index (χ0n) is 10.3. The fraction of sp³-hybridized carbons (Fsp3) is 0.462. The van der Waals surface area contributed by atoms with Gasteiger partial charge in [0.1, 0.15) is 11.6 Å². The summed E-state index contributed by atoms with van der Waals surface area (Å²) < 4.78 is 26.8. The van der Waals surface area contributed by atoms with Crippen LogP contribution in [0.3, 0.4) is 0 Å². The molecule has 0 bridgehead atoms. The molecule has 0 aliphatic carbocycles. The highest BCUT2D eigenvalue weighted by Crippen LogP contribution is 2.13. The zero-order chi connectivity index (χ0) is 13.5. The summed E-state index contributed by atoms with van der Waals surface area (Å²) >= 11 is 0. The van der Waals surface area contributed by atoms with E-state index in [-0.39, 0.29) is 24.5 Å². The van der Waals surface area contributed by atoms with Crippen molar-refractivity contribution in [3.05, 3.63) is 35.4 Å². The second kappa shape index (κ2) is 7.06. The van der Waals surface area contributed by atoms with E-state index in [0.717, 1.165) is 12.1 Å². The van der Waals surface area contributed by atoms with Crippen LogP contribution in [0.25, 0.3) is 0 Å². The summed E-state index contributed by atoms with van der Waals surface area (Å²) in [6.07, 6.45) is 0.164. The standard InChI is InChI=1S/C13H17F2NO2/c1-2-16(7-4-8-17)13(18)9-10-11(14)5-3-6-12(10)15/h3,5-6,17H,2,4,7-9H2,1H3. The molecule has 1 rings (SSSR count). The number of carbonyl (C=O) groups is 1. The molecule has 0 heterocycles. The molecule has 1 aromatic carbocycles. The van der Waals surface area contributed by atoms with E-state index < -0.39 is 11.6 Å². The van der Waals surface area contributed by atoms with Gasteiger partial charge in [-0.25, -0.2) is 8.78 Å². The average molecular weight is 257 g/mol. The first-order valence-electron chi connectivity index (χ1n) is 5.91. The predicted octanol–water partition coefficient (Wildman–Crippen LogP) is 1.74. The van der Waals surface area contributed by atoms with Crippen molar-refractivity contribution in [3.63, 3.8) is 0 Å². The minimum Gasteiger partial charge on any atom is -0.396 e. The first kappa shape index (κ1) is 14.6. The van der Waals surface area contributed by atoms with Crippen LogP contribution in [0, 0.1) is 11.6 Å². The highest BCUT2D eigenvalue weighted by Gasteiger charge is 2.17. The Bertz CT molecular complexity index is 390. The van der Waals surface area contributed by atoms with E-state index in [0.29, 0.717) is 19.5 Å². The van der Waals surface area contributed by atoms with Gasteiger partial charge in [-0.15, -0.1) is 0 Å². The van der Waals surface area contributed by atoms with Gasteiger partial charge in [0, 0.05) is 25.3 Å². The van der Waals surface area contributed by atoms with Gasteiger partial charge < -0.3 is 10.0 Å². The number of likely N-dealkylation sites (N-methyl/N-ethyl adjacent to an activating group) is 1. The van der Waals surface area contributed by atoms with Crippen LogP contribution in [-0.4, -0.2) is 35.6 Å². The molecule has 0 saturated heterocycles. The minimum atomic E-state index is -0.707. The molecule has 0 unspecified atom stereocenters. The molecule has 1 N–H and O–H groups in total. The number of aliphatic hydroxyl groups is 1. The molecule has 0 spiro atoms. The van der Waals surface area contributed by atoms with E-state index in [2.05, 4.69) is 0 Å². The predicted molar refractivity (Wildman–Crippen MR) is 64.0 cm³/mol. The van der Waals surface area contributed by atoms with Gasteiger partial charge in [0.2, 0.25) is 5.91 Å². The molecule has 0 saturated carbocycles. The summed E-state index contributed by atoms with van der Waals surface area (Å²) in [6.45, 7) is 2.61. The molecule has 100 valence electrons. The van der Waals surface area contributed by atoms with Crippen LogP contribution in [-0.2, 0) is 11.2 Å². The number of rotatable bonds is 6. The molecule has 3 nitrogen and oxygen atoms in total. The molecular formula is C13H17F2NO2. The number of benzene rings is 1. The van der Waals surface area contributed by atoms with Crippen LogP contribution in [0.1, 0.15) is 18.9 Å². The largest absolute Gasteiger partial charge is 0.396 e. The van der Waals surface area contributed by atoms with E-state index in [4.69, 9.17) is 5.11 Å². The zero-order valence-corrected chi connectivity index (χ0v) is 10.3. The van der Waals surface area contributed by atoms with E-state index in [1.165, 1.54) is 11.0 Å².